The van der Waals surface area contributed by atoms with E-state index in [2.05, 4.69) is 67.7 Å². The zero-order chi connectivity index (χ0) is 16.5. The maximum absolute atomic E-state index is 5.25. The van der Waals surface area contributed by atoms with Crippen molar-refractivity contribution in [2.45, 2.75) is 18.5 Å². The van der Waals surface area contributed by atoms with E-state index in [-0.39, 0.29) is 12.1 Å². The molecule has 1 aliphatic heterocycles. The molecule has 0 amide bonds. The summed E-state index contributed by atoms with van der Waals surface area (Å²) in [4.78, 5) is 4.37. The SMILES string of the molecule is COc1ccc(C2CC(c3ccc(Br)cc3)n3ncnc3N2)cc1. The lowest BCUT2D eigenvalue weighted by Crippen LogP contribution is -2.28. The number of hydrogen-bond acceptors (Lipinski definition) is 4. The minimum absolute atomic E-state index is 0.156. The number of hydrogen-bond donors (Lipinski definition) is 1. The fourth-order valence-electron chi connectivity index (χ4n) is 3.14. The van der Waals surface area contributed by atoms with Crippen LogP contribution in [0.3, 0.4) is 0 Å². The highest BCUT2D eigenvalue weighted by atomic mass is 79.9. The Kier molecular flexibility index (Phi) is 3.98. The van der Waals surface area contributed by atoms with E-state index in [1.54, 1.807) is 13.4 Å². The molecule has 0 saturated heterocycles. The summed E-state index contributed by atoms with van der Waals surface area (Å²) in [5.74, 6) is 1.66. The van der Waals surface area contributed by atoms with E-state index in [0.29, 0.717) is 0 Å². The number of benzene rings is 2. The molecule has 0 saturated carbocycles. The van der Waals surface area contributed by atoms with Gasteiger partial charge in [-0.25, -0.2) is 4.68 Å². The second-order valence-corrected chi connectivity index (χ2v) is 6.72. The maximum atomic E-state index is 5.25. The molecule has 2 unspecified atom stereocenters. The summed E-state index contributed by atoms with van der Waals surface area (Å²) in [6.07, 6.45) is 2.51. The molecule has 1 aromatic heterocycles. The van der Waals surface area contributed by atoms with Crippen LogP contribution in [-0.2, 0) is 0 Å². The minimum Gasteiger partial charge on any atom is -0.497 e. The molecule has 4 rings (SSSR count). The lowest BCUT2D eigenvalue weighted by Gasteiger charge is -2.31. The van der Waals surface area contributed by atoms with Crippen molar-refractivity contribution < 1.29 is 4.74 Å². The average molecular weight is 385 g/mol. The van der Waals surface area contributed by atoms with Crippen LogP contribution in [0.4, 0.5) is 5.95 Å². The van der Waals surface area contributed by atoms with Crippen LogP contribution in [0.25, 0.3) is 0 Å². The monoisotopic (exact) mass is 384 g/mol. The van der Waals surface area contributed by atoms with Gasteiger partial charge in [-0.05, 0) is 41.8 Å². The highest BCUT2D eigenvalue weighted by Gasteiger charge is 2.29. The average Bonchev–Trinajstić information content (AvgIpc) is 3.10. The Bertz CT molecular complexity index is 829. The van der Waals surface area contributed by atoms with Gasteiger partial charge in [-0.2, -0.15) is 10.1 Å². The Hall–Kier alpha value is -2.34. The zero-order valence-corrected chi connectivity index (χ0v) is 14.8. The molecule has 1 N–H and O–H groups in total. The second kappa shape index (κ2) is 6.28. The molecule has 122 valence electrons. The summed E-state index contributed by atoms with van der Waals surface area (Å²) in [7, 11) is 1.68. The molecule has 2 heterocycles. The standard InChI is InChI=1S/C18H17BrN4O/c1-24-15-8-4-12(5-9-15)16-10-17(13-2-6-14(19)7-3-13)23-18(22-16)20-11-21-23/h2-9,11,16-17H,10H2,1H3,(H,20,21,22). The molecule has 6 heteroatoms. The van der Waals surface area contributed by atoms with Crippen LogP contribution in [0.5, 0.6) is 5.75 Å². The smallest absolute Gasteiger partial charge is 0.222 e. The summed E-state index contributed by atoms with van der Waals surface area (Å²) in [6, 6.07) is 16.9. The Labute approximate surface area is 148 Å². The number of fused-ring (bicyclic) bond motifs is 1. The fourth-order valence-corrected chi connectivity index (χ4v) is 3.40. The number of nitrogens with one attached hydrogen (secondary N) is 1. The molecule has 2 aromatic carbocycles. The van der Waals surface area contributed by atoms with E-state index in [1.807, 2.05) is 16.8 Å². The van der Waals surface area contributed by atoms with Gasteiger partial charge in [0.15, 0.2) is 0 Å². The number of rotatable bonds is 3. The lowest BCUT2D eigenvalue weighted by atomic mass is 9.93. The zero-order valence-electron chi connectivity index (χ0n) is 13.2. The van der Waals surface area contributed by atoms with E-state index >= 15 is 0 Å². The first-order chi connectivity index (χ1) is 11.7. The van der Waals surface area contributed by atoms with Crippen molar-refractivity contribution in [3.8, 4) is 5.75 Å². The lowest BCUT2D eigenvalue weighted by molar-refractivity contribution is 0.413. The molecule has 0 spiro atoms. The van der Waals surface area contributed by atoms with Crippen LogP contribution < -0.4 is 10.1 Å². The summed E-state index contributed by atoms with van der Waals surface area (Å²) in [6.45, 7) is 0. The van der Waals surface area contributed by atoms with Crippen LogP contribution >= 0.6 is 15.9 Å². The van der Waals surface area contributed by atoms with E-state index in [0.717, 1.165) is 22.6 Å². The molecule has 5 nitrogen and oxygen atoms in total. The first-order valence-corrected chi connectivity index (χ1v) is 8.59. The third kappa shape index (κ3) is 2.78. The van der Waals surface area contributed by atoms with Crippen molar-refractivity contribution in [1.82, 2.24) is 14.8 Å². The Balaban J connectivity index is 1.68. The van der Waals surface area contributed by atoms with E-state index in [4.69, 9.17) is 4.74 Å². The molecule has 0 aliphatic carbocycles. The van der Waals surface area contributed by atoms with Gasteiger partial charge in [0.2, 0.25) is 5.95 Å². The summed E-state index contributed by atoms with van der Waals surface area (Å²) in [5.41, 5.74) is 2.44. The normalized spacial score (nSPS) is 19.4. The molecule has 3 aromatic rings. The maximum Gasteiger partial charge on any atom is 0.222 e. The second-order valence-electron chi connectivity index (χ2n) is 5.80. The molecule has 0 bridgehead atoms. The molecule has 1 aliphatic rings. The minimum atomic E-state index is 0.156. The van der Waals surface area contributed by atoms with Crippen molar-refractivity contribution in [3.05, 3.63) is 70.5 Å². The van der Waals surface area contributed by atoms with Crippen molar-refractivity contribution in [2.24, 2.45) is 0 Å². The molecule has 2 atom stereocenters. The van der Waals surface area contributed by atoms with Crippen LogP contribution in [0, 0.1) is 0 Å². The molecule has 0 radical (unpaired) electrons. The van der Waals surface area contributed by atoms with Crippen LogP contribution in [0.15, 0.2) is 59.3 Å². The quantitative estimate of drug-likeness (QED) is 0.735. The number of anilines is 1. The highest BCUT2D eigenvalue weighted by molar-refractivity contribution is 9.10. The predicted molar refractivity (Wildman–Crippen MR) is 96.3 cm³/mol. The van der Waals surface area contributed by atoms with Crippen LogP contribution in [0.1, 0.15) is 29.6 Å². The first-order valence-electron chi connectivity index (χ1n) is 7.80. The first kappa shape index (κ1) is 15.2. The van der Waals surface area contributed by atoms with Gasteiger partial charge in [-0.3, -0.25) is 0 Å². The van der Waals surface area contributed by atoms with Crippen molar-refractivity contribution in [1.29, 1.82) is 0 Å². The molecular weight excluding hydrogens is 368 g/mol. The third-order valence-corrected chi connectivity index (χ3v) is 4.93. The van der Waals surface area contributed by atoms with E-state index in [1.165, 1.54) is 11.1 Å². The van der Waals surface area contributed by atoms with Crippen molar-refractivity contribution in [2.75, 3.05) is 12.4 Å². The van der Waals surface area contributed by atoms with Gasteiger partial charge >= 0.3 is 0 Å². The Morgan fingerprint density at radius 1 is 1.08 bits per heavy atom. The van der Waals surface area contributed by atoms with Crippen LogP contribution in [-0.4, -0.2) is 21.9 Å². The van der Waals surface area contributed by atoms with Gasteiger partial charge < -0.3 is 10.1 Å². The summed E-state index contributed by atoms with van der Waals surface area (Å²) < 4.78 is 8.29. The van der Waals surface area contributed by atoms with Gasteiger partial charge in [0.1, 0.15) is 12.1 Å². The molecular formula is C18H17BrN4O. The topological polar surface area (TPSA) is 52.0 Å². The largest absolute Gasteiger partial charge is 0.497 e. The van der Waals surface area contributed by atoms with Gasteiger partial charge in [-0.1, -0.05) is 40.2 Å². The number of aromatic nitrogens is 3. The van der Waals surface area contributed by atoms with Gasteiger partial charge in [-0.15, -0.1) is 0 Å². The third-order valence-electron chi connectivity index (χ3n) is 4.40. The van der Waals surface area contributed by atoms with Crippen molar-refractivity contribution in [3.63, 3.8) is 0 Å². The van der Waals surface area contributed by atoms with E-state index in [9.17, 15) is 0 Å². The van der Waals surface area contributed by atoms with Gasteiger partial charge in [0.05, 0.1) is 19.2 Å². The highest BCUT2D eigenvalue weighted by Crippen LogP contribution is 2.37. The predicted octanol–water partition coefficient (Wildman–Crippen LogP) is 4.20. The molecule has 24 heavy (non-hydrogen) atoms. The summed E-state index contributed by atoms with van der Waals surface area (Å²) >= 11 is 3.50. The van der Waals surface area contributed by atoms with Gasteiger partial charge in [0.25, 0.3) is 0 Å². The number of halogens is 1. The van der Waals surface area contributed by atoms with E-state index < -0.39 is 0 Å². The Morgan fingerprint density at radius 3 is 2.50 bits per heavy atom. The van der Waals surface area contributed by atoms with Crippen LogP contribution in [0.2, 0.25) is 0 Å². The number of nitrogens with zero attached hydrogens (tertiary/aromatic N) is 3. The molecule has 0 fully saturated rings. The number of methoxy groups -OCH3 is 1. The fraction of sp³-hybridized carbons (Fsp3) is 0.222. The number of ether oxygens (including phenoxy) is 1. The summed E-state index contributed by atoms with van der Waals surface area (Å²) in [5, 5.41) is 7.88. The van der Waals surface area contributed by atoms with Crippen molar-refractivity contribution >= 4 is 21.9 Å². The van der Waals surface area contributed by atoms with Gasteiger partial charge in [0, 0.05) is 4.47 Å². The Morgan fingerprint density at radius 2 is 1.79 bits per heavy atom.